The van der Waals surface area contributed by atoms with Gasteiger partial charge in [0.25, 0.3) is 0 Å². The second kappa shape index (κ2) is 4.75. The van der Waals surface area contributed by atoms with E-state index in [4.69, 9.17) is 55.9 Å². The summed E-state index contributed by atoms with van der Waals surface area (Å²) in [6, 6.07) is 0. The van der Waals surface area contributed by atoms with Crippen molar-refractivity contribution in [3.05, 3.63) is 10.1 Å². The Labute approximate surface area is 132 Å². The highest BCUT2D eigenvalue weighted by Crippen LogP contribution is 2.70. The summed E-state index contributed by atoms with van der Waals surface area (Å²) in [4.78, 5) is 9.55. The van der Waals surface area contributed by atoms with Crippen molar-refractivity contribution >= 4 is 52.2 Å². The van der Waals surface area contributed by atoms with Crippen LogP contribution in [-0.2, 0) is 14.3 Å². The van der Waals surface area contributed by atoms with E-state index in [2.05, 4.69) is 0 Å². The average Bonchev–Trinajstić information content (AvgIpc) is 2.63. The van der Waals surface area contributed by atoms with E-state index in [0.29, 0.717) is 6.42 Å². The molecule has 0 spiro atoms. The van der Waals surface area contributed by atoms with Crippen molar-refractivity contribution in [2.45, 2.75) is 35.3 Å². The van der Waals surface area contributed by atoms with Gasteiger partial charge in [-0.3, -0.25) is 4.79 Å². The predicted molar refractivity (Wildman–Crippen MR) is 76.1 cm³/mol. The molecule has 0 aromatic heterocycles. The standard InChI is InChI=1S/C12H14Cl4O3/c1-4-5-6-9(17)11(16)8(14)7(13)10(6,15)12(11,18-2)19-3/h6H,4-5H2,1-3H3/t6-,10-,11-/m1/s1. The summed E-state index contributed by atoms with van der Waals surface area (Å²) in [5.41, 5.74) is 0. The molecule has 0 unspecified atom stereocenters. The molecular formula is C12H14Cl4O3. The zero-order chi connectivity index (χ0) is 14.6. The minimum absolute atomic E-state index is 0.00751. The number of rotatable bonds is 4. The minimum atomic E-state index is -1.68. The maximum absolute atomic E-state index is 12.6. The van der Waals surface area contributed by atoms with Crippen molar-refractivity contribution in [3.63, 3.8) is 0 Å². The molecule has 1 saturated carbocycles. The van der Waals surface area contributed by atoms with Gasteiger partial charge in [-0.25, -0.2) is 0 Å². The molecule has 0 aromatic rings. The summed E-state index contributed by atoms with van der Waals surface area (Å²) >= 11 is 25.5. The zero-order valence-corrected chi connectivity index (χ0v) is 13.8. The lowest BCUT2D eigenvalue weighted by Crippen LogP contribution is -2.57. The third kappa shape index (κ3) is 1.42. The molecular weight excluding hydrogens is 334 g/mol. The van der Waals surface area contributed by atoms with Crippen LogP contribution in [-0.4, -0.2) is 35.5 Å². The molecule has 0 radical (unpaired) electrons. The van der Waals surface area contributed by atoms with Gasteiger partial charge < -0.3 is 9.47 Å². The number of ketones is 1. The summed E-state index contributed by atoms with van der Waals surface area (Å²) in [5.74, 6) is -2.48. The Morgan fingerprint density at radius 2 is 1.68 bits per heavy atom. The zero-order valence-electron chi connectivity index (χ0n) is 10.7. The van der Waals surface area contributed by atoms with Crippen LogP contribution in [0.4, 0.5) is 0 Å². The Balaban J connectivity index is 2.74. The van der Waals surface area contributed by atoms with Crippen LogP contribution in [0.25, 0.3) is 0 Å². The van der Waals surface area contributed by atoms with Crippen LogP contribution in [0.5, 0.6) is 0 Å². The van der Waals surface area contributed by atoms with Crippen LogP contribution in [0.15, 0.2) is 10.1 Å². The highest BCUT2D eigenvalue weighted by atomic mass is 35.5. The van der Waals surface area contributed by atoms with E-state index in [0.717, 1.165) is 6.42 Å². The number of methoxy groups -OCH3 is 2. The molecule has 1 fully saturated rings. The highest BCUT2D eigenvalue weighted by molar-refractivity contribution is 6.58. The summed E-state index contributed by atoms with van der Waals surface area (Å²) in [7, 11) is 2.75. The molecule has 2 bridgehead atoms. The topological polar surface area (TPSA) is 35.5 Å². The third-order valence-electron chi connectivity index (χ3n) is 4.04. The Morgan fingerprint density at radius 1 is 1.16 bits per heavy atom. The first-order valence-corrected chi connectivity index (χ1v) is 7.39. The van der Waals surface area contributed by atoms with Crippen LogP contribution < -0.4 is 0 Å². The summed E-state index contributed by atoms with van der Waals surface area (Å²) in [6.45, 7) is 1.95. The molecule has 0 aromatic carbocycles. The number of fused-ring (bicyclic) bond motifs is 2. The second-order valence-electron chi connectivity index (χ2n) is 4.73. The Morgan fingerprint density at radius 3 is 2.05 bits per heavy atom. The van der Waals surface area contributed by atoms with Gasteiger partial charge in [-0.05, 0) is 6.42 Å². The maximum Gasteiger partial charge on any atom is 0.225 e. The fraction of sp³-hybridized carbons (Fsp3) is 0.750. The van der Waals surface area contributed by atoms with E-state index in [1.165, 1.54) is 14.2 Å². The van der Waals surface area contributed by atoms with Gasteiger partial charge in [0.1, 0.15) is 4.87 Å². The highest BCUT2D eigenvalue weighted by Gasteiger charge is 2.84. The molecule has 2 aliphatic carbocycles. The van der Waals surface area contributed by atoms with Crippen LogP contribution >= 0.6 is 46.4 Å². The number of hydrogen-bond donors (Lipinski definition) is 0. The molecule has 7 heteroatoms. The van der Waals surface area contributed by atoms with Crippen molar-refractivity contribution in [1.29, 1.82) is 0 Å². The number of alkyl halides is 2. The van der Waals surface area contributed by atoms with Crippen molar-refractivity contribution in [2.24, 2.45) is 5.92 Å². The maximum atomic E-state index is 12.6. The van der Waals surface area contributed by atoms with E-state index in [-0.39, 0.29) is 15.8 Å². The molecule has 19 heavy (non-hydrogen) atoms. The van der Waals surface area contributed by atoms with E-state index in [1.807, 2.05) is 6.92 Å². The fourth-order valence-electron chi connectivity index (χ4n) is 3.20. The predicted octanol–water partition coefficient (Wildman–Crippen LogP) is 3.63. The fourth-order valence-corrected chi connectivity index (χ4v) is 5.24. The van der Waals surface area contributed by atoms with Gasteiger partial charge in [0, 0.05) is 20.1 Å². The van der Waals surface area contributed by atoms with Crippen LogP contribution in [0, 0.1) is 5.92 Å². The number of hydrogen-bond acceptors (Lipinski definition) is 3. The average molecular weight is 348 g/mol. The Bertz CT molecular complexity index is 460. The number of carbonyl (C=O) groups is 1. The van der Waals surface area contributed by atoms with Crippen molar-refractivity contribution in [3.8, 4) is 0 Å². The van der Waals surface area contributed by atoms with Gasteiger partial charge >= 0.3 is 0 Å². The second-order valence-corrected chi connectivity index (χ2v) is 6.65. The van der Waals surface area contributed by atoms with Crippen molar-refractivity contribution in [2.75, 3.05) is 14.2 Å². The largest absolute Gasteiger partial charge is 0.349 e. The lowest BCUT2D eigenvalue weighted by Gasteiger charge is -2.40. The summed E-state index contributed by atoms with van der Waals surface area (Å²) in [6.07, 6.45) is 1.29. The monoisotopic (exact) mass is 346 g/mol. The molecule has 0 amide bonds. The smallest absolute Gasteiger partial charge is 0.225 e. The summed E-state index contributed by atoms with van der Waals surface area (Å²) < 4.78 is 10.8. The first-order chi connectivity index (χ1) is 8.79. The minimum Gasteiger partial charge on any atom is -0.349 e. The molecule has 0 heterocycles. The lowest BCUT2D eigenvalue weighted by molar-refractivity contribution is -0.218. The number of Topliss-reactive ketones (excluding diaryl/α,β-unsaturated/α-hetero) is 1. The Hall–Kier alpha value is 0.490. The van der Waals surface area contributed by atoms with Crippen LogP contribution in [0.3, 0.4) is 0 Å². The van der Waals surface area contributed by atoms with E-state index in [1.54, 1.807) is 0 Å². The number of carbonyl (C=O) groups excluding carboxylic acids is 1. The van der Waals surface area contributed by atoms with E-state index < -0.39 is 21.5 Å². The number of ether oxygens (including phenoxy) is 2. The Kier molecular flexibility index (Phi) is 3.97. The molecule has 0 saturated heterocycles. The van der Waals surface area contributed by atoms with Crippen molar-refractivity contribution in [1.82, 2.24) is 0 Å². The van der Waals surface area contributed by atoms with E-state index >= 15 is 0 Å². The van der Waals surface area contributed by atoms with Gasteiger partial charge in [0.15, 0.2) is 10.7 Å². The van der Waals surface area contributed by atoms with Gasteiger partial charge in [0.2, 0.25) is 5.79 Å². The first kappa shape index (κ1) is 15.9. The van der Waals surface area contributed by atoms with Gasteiger partial charge in [-0.1, -0.05) is 48.1 Å². The molecule has 0 N–H and O–H groups in total. The van der Waals surface area contributed by atoms with Gasteiger partial charge in [-0.2, -0.15) is 0 Å². The molecule has 2 rings (SSSR count). The molecule has 3 atom stereocenters. The van der Waals surface area contributed by atoms with Crippen LogP contribution in [0.2, 0.25) is 0 Å². The van der Waals surface area contributed by atoms with E-state index in [9.17, 15) is 4.79 Å². The number of halogens is 4. The molecule has 2 aliphatic rings. The normalized spacial score (nSPS) is 40.4. The third-order valence-corrected chi connectivity index (χ3v) is 6.61. The molecule has 0 aliphatic heterocycles. The first-order valence-electron chi connectivity index (χ1n) is 5.88. The van der Waals surface area contributed by atoms with Gasteiger partial charge in [-0.15, -0.1) is 11.6 Å². The lowest BCUT2D eigenvalue weighted by atomic mass is 9.87. The van der Waals surface area contributed by atoms with Crippen molar-refractivity contribution < 1.29 is 14.3 Å². The molecule has 108 valence electrons. The SMILES string of the molecule is CCC[C@@H]1C(=O)[C@]2(Cl)C(Cl)=C(Cl)[C@@]1(Cl)C2(OC)OC. The summed E-state index contributed by atoms with van der Waals surface area (Å²) in [5, 5.41) is 0.125. The molecule has 3 nitrogen and oxygen atoms in total. The quantitative estimate of drug-likeness (QED) is 0.575. The van der Waals surface area contributed by atoms with Gasteiger partial charge in [0.05, 0.1) is 10.1 Å². The van der Waals surface area contributed by atoms with Crippen LogP contribution in [0.1, 0.15) is 19.8 Å².